The predicted molar refractivity (Wildman–Crippen MR) is 66.8 cm³/mol. The van der Waals surface area contributed by atoms with Crippen molar-refractivity contribution in [3.63, 3.8) is 0 Å². The van der Waals surface area contributed by atoms with Gasteiger partial charge in [0.15, 0.2) is 0 Å². The van der Waals surface area contributed by atoms with E-state index in [0.717, 1.165) is 5.56 Å². The molecule has 0 spiro atoms. The standard InChI is InChI=1S/C11H14Cl2N2O/c12-9-5-8(6-10(13)7-9)2-4-15-11(16)1-3-14/h5-7H,1-4,14H2,(H,15,16). The fourth-order valence-electron chi connectivity index (χ4n) is 1.32. The molecule has 0 radical (unpaired) electrons. The summed E-state index contributed by atoms with van der Waals surface area (Å²) in [5, 5.41) is 3.98. The van der Waals surface area contributed by atoms with Crippen molar-refractivity contribution < 1.29 is 4.79 Å². The summed E-state index contributed by atoms with van der Waals surface area (Å²) in [6.45, 7) is 0.935. The first-order valence-electron chi connectivity index (χ1n) is 5.03. The maximum atomic E-state index is 11.1. The third kappa shape index (κ3) is 4.84. The lowest BCUT2D eigenvalue weighted by atomic mass is 10.1. The van der Waals surface area contributed by atoms with Crippen LogP contribution < -0.4 is 11.1 Å². The molecular formula is C11H14Cl2N2O. The quantitative estimate of drug-likeness (QED) is 0.851. The first-order valence-corrected chi connectivity index (χ1v) is 5.79. The second kappa shape index (κ2) is 6.74. The largest absolute Gasteiger partial charge is 0.356 e. The fourth-order valence-corrected chi connectivity index (χ4v) is 1.89. The minimum atomic E-state index is -0.0318. The fraction of sp³-hybridized carbons (Fsp3) is 0.364. The van der Waals surface area contributed by atoms with Crippen molar-refractivity contribution in [2.24, 2.45) is 5.73 Å². The molecule has 88 valence electrons. The Bertz CT molecular complexity index is 349. The summed E-state index contributed by atoms with van der Waals surface area (Å²) in [7, 11) is 0. The highest BCUT2D eigenvalue weighted by molar-refractivity contribution is 6.34. The van der Waals surface area contributed by atoms with E-state index < -0.39 is 0 Å². The number of amides is 1. The molecule has 0 bridgehead atoms. The molecule has 0 aliphatic rings. The molecule has 0 aliphatic heterocycles. The maximum absolute atomic E-state index is 11.1. The number of hydrogen-bond donors (Lipinski definition) is 2. The Kier molecular flexibility index (Phi) is 5.60. The minimum Gasteiger partial charge on any atom is -0.356 e. The molecular weight excluding hydrogens is 247 g/mol. The Morgan fingerprint density at radius 3 is 2.44 bits per heavy atom. The SMILES string of the molecule is NCCC(=O)NCCc1cc(Cl)cc(Cl)c1. The molecule has 3 N–H and O–H groups in total. The lowest BCUT2D eigenvalue weighted by molar-refractivity contribution is -0.120. The van der Waals surface area contributed by atoms with E-state index in [1.165, 1.54) is 0 Å². The first kappa shape index (κ1) is 13.3. The number of benzene rings is 1. The van der Waals surface area contributed by atoms with Gasteiger partial charge in [-0.25, -0.2) is 0 Å². The molecule has 0 aromatic heterocycles. The van der Waals surface area contributed by atoms with Gasteiger partial charge in [0.25, 0.3) is 0 Å². The second-order valence-corrected chi connectivity index (χ2v) is 4.29. The average Bonchev–Trinajstić information content (AvgIpc) is 2.16. The molecule has 1 rings (SSSR count). The molecule has 0 atom stereocenters. The van der Waals surface area contributed by atoms with Crippen molar-refractivity contribution in [3.05, 3.63) is 33.8 Å². The van der Waals surface area contributed by atoms with Crippen molar-refractivity contribution in [2.75, 3.05) is 13.1 Å². The molecule has 3 nitrogen and oxygen atoms in total. The van der Waals surface area contributed by atoms with Gasteiger partial charge in [-0.2, -0.15) is 0 Å². The number of rotatable bonds is 5. The number of carbonyl (C=O) groups is 1. The normalized spacial score (nSPS) is 10.2. The first-order chi connectivity index (χ1) is 7.61. The molecule has 5 heteroatoms. The van der Waals surface area contributed by atoms with Crippen molar-refractivity contribution >= 4 is 29.1 Å². The van der Waals surface area contributed by atoms with Crippen molar-refractivity contribution in [2.45, 2.75) is 12.8 Å². The van der Waals surface area contributed by atoms with Gasteiger partial charge in [0, 0.05) is 29.6 Å². The molecule has 0 saturated carbocycles. The Morgan fingerprint density at radius 1 is 1.25 bits per heavy atom. The zero-order chi connectivity index (χ0) is 12.0. The van der Waals surface area contributed by atoms with Crippen LogP contribution in [-0.4, -0.2) is 19.0 Å². The topological polar surface area (TPSA) is 55.1 Å². The van der Waals surface area contributed by atoms with Crippen molar-refractivity contribution in [3.8, 4) is 0 Å². The molecule has 1 amide bonds. The Balaban J connectivity index is 2.40. The number of hydrogen-bond acceptors (Lipinski definition) is 2. The summed E-state index contributed by atoms with van der Waals surface area (Å²) in [6, 6.07) is 5.35. The summed E-state index contributed by atoms with van der Waals surface area (Å²) in [5.41, 5.74) is 6.26. The summed E-state index contributed by atoms with van der Waals surface area (Å²) in [6.07, 6.45) is 1.06. The molecule has 0 aliphatic carbocycles. The molecule has 1 aromatic carbocycles. The van der Waals surface area contributed by atoms with Gasteiger partial charge >= 0.3 is 0 Å². The molecule has 0 saturated heterocycles. The lowest BCUT2D eigenvalue weighted by Gasteiger charge is -2.05. The van der Waals surface area contributed by atoms with Crippen LogP contribution in [0.15, 0.2) is 18.2 Å². The van der Waals surface area contributed by atoms with Gasteiger partial charge in [-0.1, -0.05) is 23.2 Å². The smallest absolute Gasteiger partial charge is 0.221 e. The Labute approximate surface area is 105 Å². The Hall–Kier alpha value is -0.770. The van der Waals surface area contributed by atoms with E-state index >= 15 is 0 Å². The van der Waals surface area contributed by atoms with Gasteiger partial charge in [0.1, 0.15) is 0 Å². The van der Waals surface area contributed by atoms with Crippen LogP contribution in [0.25, 0.3) is 0 Å². The minimum absolute atomic E-state index is 0.0318. The van der Waals surface area contributed by atoms with E-state index in [9.17, 15) is 4.79 Å². The number of nitrogens with one attached hydrogen (secondary N) is 1. The van der Waals surface area contributed by atoms with Gasteiger partial charge in [-0.3, -0.25) is 4.79 Å². The third-order valence-electron chi connectivity index (χ3n) is 2.03. The number of carbonyl (C=O) groups excluding carboxylic acids is 1. The van der Waals surface area contributed by atoms with Crippen LogP contribution in [0.4, 0.5) is 0 Å². The van der Waals surface area contributed by atoms with Crippen molar-refractivity contribution in [1.29, 1.82) is 0 Å². The van der Waals surface area contributed by atoms with E-state index in [-0.39, 0.29) is 5.91 Å². The monoisotopic (exact) mass is 260 g/mol. The molecule has 16 heavy (non-hydrogen) atoms. The summed E-state index contributed by atoms with van der Waals surface area (Å²) < 4.78 is 0. The van der Waals surface area contributed by atoms with E-state index in [1.807, 2.05) is 12.1 Å². The van der Waals surface area contributed by atoms with Gasteiger partial charge in [0.2, 0.25) is 5.91 Å². The van der Waals surface area contributed by atoms with Crippen LogP contribution in [0.1, 0.15) is 12.0 Å². The van der Waals surface area contributed by atoms with Crippen LogP contribution >= 0.6 is 23.2 Å². The van der Waals surface area contributed by atoms with Gasteiger partial charge in [-0.05, 0) is 30.2 Å². The summed E-state index contributed by atoms with van der Waals surface area (Å²) >= 11 is 11.7. The molecule has 0 fully saturated rings. The maximum Gasteiger partial charge on any atom is 0.221 e. The number of halogens is 2. The number of nitrogens with two attached hydrogens (primary N) is 1. The summed E-state index contributed by atoms with van der Waals surface area (Å²) in [5.74, 6) is -0.0318. The van der Waals surface area contributed by atoms with E-state index in [0.29, 0.717) is 36.0 Å². The molecule has 0 heterocycles. The Morgan fingerprint density at radius 2 is 1.88 bits per heavy atom. The van der Waals surface area contributed by atoms with Crippen LogP contribution in [0.2, 0.25) is 10.0 Å². The highest BCUT2D eigenvalue weighted by Gasteiger charge is 2.01. The van der Waals surface area contributed by atoms with Gasteiger partial charge < -0.3 is 11.1 Å². The van der Waals surface area contributed by atoms with Crippen LogP contribution in [0, 0.1) is 0 Å². The van der Waals surface area contributed by atoms with Crippen molar-refractivity contribution in [1.82, 2.24) is 5.32 Å². The summed E-state index contributed by atoms with van der Waals surface area (Å²) in [4.78, 5) is 11.1. The second-order valence-electron chi connectivity index (χ2n) is 3.42. The molecule has 1 aromatic rings. The third-order valence-corrected chi connectivity index (χ3v) is 2.47. The average molecular weight is 261 g/mol. The van der Waals surface area contributed by atoms with Crippen LogP contribution in [0.3, 0.4) is 0 Å². The highest BCUT2D eigenvalue weighted by atomic mass is 35.5. The van der Waals surface area contributed by atoms with Crippen LogP contribution in [-0.2, 0) is 11.2 Å². The zero-order valence-electron chi connectivity index (χ0n) is 8.80. The lowest BCUT2D eigenvalue weighted by Crippen LogP contribution is -2.27. The molecule has 0 unspecified atom stereocenters. The zero-order valence-corrected chi connectivity index (χ0v) is 10.3. The van der Waals surface area contributed by atoms with Crippen LogP contribution in [0.5, 0.6) is 0 Å². The van der Waals surface area contributed by atoms with Gasteiger partial charge in [-0.15, -0.1) is 0 Å². The van der Waals surface area contributed by atoms with E-state index in [4.69, 9.17) is 28.9 Å². The predicted octanol–water partition coefficient (Wildman–Crippen LogP) is 2.00. The van der Waals surface area contributed by atoms with E-state index in [2.05, 4.69) is 5.32 Å². The van der Waals surface area contributed by atoms with Gasteiger partial charge in [0.05, 0.1) is 0 Å². The highest BCUT2D eigenvalue weighted by Crippen LogP contribution is 2.19. The van der Waals surface area contributed by atoms with E-state index in [1.54, 1.807) is 6.07 Å².